The minimum absolute atomic E-state index is 0.191. The largest absolute Gasteiger partial charge is 0.448 e. The van der Waals surface area contributed by atoms with Crippen LogP contribution in [-0.4, -0.2) is 16.2 Å². The first-order valence-corrected chi connectivity index (χ1v) is 4.26. The predicted octanol–water partition coefficient (Wildman–Crippen LogP) is 2.19. The highest BCUT2D eigenvalue weighted by Gasteiger charge is 2.23. The molecular formula is C8H8Cl2O2. The third kappa shape index (κ3) is 2.89. The molecular weight excluding hydrogens is 199 g/mol. The molecule has 0 amide bonds. The Labute approximate surface area is 80.7 Å². The number of hydrogen-bond acceptors (Lipinski definition) is 2. The lowest BCUT2D eigenvalue weighted by Gasteiger charge is -2.18. The Morgan fingerprint density at radius 3 is 2.42 bits per heavy atom. The number of ether oxygens (including phenoxy) is 1. The summed E-state index contributed by atoms with van der Waals surface area (Å²) in [4.78, 5) is 0. The maximum Gasteiger partial charge on any atom is 0.301 e. The summed E-state index contributed by atoms with van der Waals surface area (Å²) in [6, 6.07) is 8.74. The normalized spacial score (nSPS) is 15.2. The number of alkyl halides is 2. The van der Waals surface area contributed by atoms with Gasteiger partial charge in [-0.05, 0) is 23.7 Å². The first-order chi connectivity index (χ1) is 5.64. The Kier molecular flexibility index (Phi) is 3.20. The van der Waals surface area contributed by atoms with Gasteiger partial charge in [0, 0.05) is 0 Å². The van der Waals surface area contributed by atoms with Crippen LogP contribution in [0.1, 0.15) is 0 Å². The zero-order valence-electron chi connectivity index (χ0n) is 6.21. The number of aliphatic hydroxyl groups is 1. The van der Waals surface area contributed by atoms with Gasteiger partial charge in [0.2, 0.25) is 0 Å². The van der Waals surface area contributed by atoms with Crippen molar-refractivity contribution in [3.05, 3.63) is 30.3 Å². The van der Waals surface area contributed by atoms with E-state index in [9.17, 15) is 5.11 Å². The van der Waals surface area contributed by atoms with Crippen LogP contribution in [0.3, 0.4) is 0 Å². The minimum Gasteiger partial charge on any atom is -0.448 e. The molecule has 66 valence electrons. The maximum atomic E-state index is 9.19. The first-order valence-electron chi connectivity index (χ1n) is 3.35. The molecule has 0 heterocycles. The highest BCUT2D eigenvalue weighted by Crippen LogP contribution is 2.20. The predicted molar refractivity (Wildman–Crippen MR) is 48.6 cm³/mol. The fourth-order valence-corrected chi connectivity index (χ4v) is 0.840. The van der Waals surface area contributed by atoms with Crippen LogP contribution in [0.15, 0.2) is 30.3 Å². The monoisotopic (exact) mass is 206 g/mol. The van der Waals surface area contributed by atoms with Crippen LogP contribution in [0.2, 0.25) is 0 Å². The third-order valence-corrected chi connectivity index (χ3v) is 1.89. The third-order valence-electron chi connectivity index (χ3n) is 1.18. The van der Waals surface area contributed by atoms with Crippen molar-refractivity contribution in [3.63, 3.8) is 0 Å². The molecule has 1 atom stereocenters. The average molecular weight is 207 g/mol. The van der Waals surface area contributed by atoms with Crippen molar-refractivity contribution < 1.29 is 9.84 Å². The fraction of sp³-hybridized carbons (Fsp3) is 0.250. The highest BCUT2D eigenvalue weighted by molar-refractivity contribution is 6.29. The Balaban J connectivity index is 2.64. The summed E-state index contributed by atoms with van der Waals surface area (Å²) in [6.45, 7) is 0. The van der Waals surface area contributed by atoms with Crippen LogP contribution in [0.5, 0.6) is 5.75 Å². The lowest BCUT2D eigenvalue weighted by atomic mass is 10.3. The van der Waals surface area contributed by atoms with E-state index < -0.39 is 5.25 Å². The quantitative estimate of drug-likeness (QED) is 0.608. The van der Waals surface area contributed by atoms with Gasteiger partial charge < -0.3 is 9.84 Å². The van der Waals surface area contributed by atoms with Gasteiger partial charge in [-0.15, -0.1) is 11.6 Å². The second kappa shape index (κ2) is 3.99. The zero-order chi connectivity index (χ0) is 9.03. The van der Waals surface area contributed by atoms with Crippen molar-refractivity contribution in [1.82, 2.24) is 0 Å². The molecule has 0 aliphatic carbocycles. The smallest absolute Gasteiger partial charge is 0.301 e. The summed E-state index contributed by atoms with van der Waals surface area (Å²) in [5, 5.41) is 7.37. The summed E-state index contributed by atoms with van der Waals surface area (Å²) in [7, 11) is 0. The molecule has 0 radical (unpaired) electrons. The van der Waals surface area contributed by atoms with Crippen LogP contribution >= 0.6 is 23.2 Å². The molecule has 1 rings (SSSR count). The minimum atomic E-state index is -1.82. The van der Waals surface area contributed by atoms with Crippen molar-refractivity contribution in [2.24, 2.45) is 0 Å². The van der Waals surface area contributed by atoms with Gasteiger partial charge in [-0.25, -0.2) is 0 Å². The van der Waals surface area contributed by atoms with Gasteiger partial charge in [-0.3, -0.25) is 0 Å². The second-order valence-corrected chi connectivity index (χ2v) is 3.10. The van der Waals surface area contributed by atoms with Crippen molar-refractivity contribution in [1.29, 1.82) is 0 Å². The van der Waals surface area contributed by atoms with E-state index in [1.807, 2.05) is 6.07 Å². The van der Waals surface area contributed by atoms with E-state index >= 15 is 0 Å². The van der Waals surface area contributed by atoms with E-state index in [-0.39, 0.29) is 5.88 Å². The number of hydrogen-bond donors (Lipinski definition) is 1. The Morgan fingerprint density at radius 1 is 1.33 bits per heavy atom. The highest BCUT2D eigenvalue weighted by atomic mass is 35.5. The van der Waals surface area contributed by atoms with Crippen molar-refractivity contribution in [3.8, 4) is 5.75 Å². The summed E-state index contributed by atoms with van der Waals surface area (Å²) in [5.74, 6) is 0.291. The number of benzene rings is 1. The summed E-state index contributed by atoms with van der Waals surface area (Å²) < 4.78 is 4.94. The molecule has 2 nitrogen and oxygen atoms in total. The SMILES string of the molecule is OC(Cl)(CCl)Oc1ccccc1. The van der Waals surface area contributed by atoms with Gasteiger partial charge in [0.25, 0.3) is 0 Å². The molecule has 12 heavy (non-hydrogen) atoms. The number of para-hydroxylation sites is 1. The van der Waals surface area contributed by atoms with E-state index in [2.05, 4.69) is 0 Å². The first kappa shape index (κ1) is 9.65. The molecule has 0 bridgehead atoms. The Bertz CT molecular complexity index is 236. The fourth-order valence-electron chi connectivity index (χ4n) is 0.696. The van der Waals surface area contributed by atoms with Gasteiger partial charge in [0.1, 0.15) is 11.6 Å². The topological polar surface area (TPSA) is 29.5 Å². The van der Waals surface area contributed by atoms with E-state index in [0.29, 0.717) is 5.75 Å². The van der Waals surface area contributed by atoms with Crippen molar-refractivity contribution >= 4 is 23.2 Å². The molecule has 0 aromatic heterocycles. The molecule has 0 aliphatic heterocycles. The van der Waals surface area contributed by atoms with E-state index in [1.165, 1.54) is 0 Å². The summed E-state index contributed by atoms with van der Waals surface area (Å²) in [6.07, 6.45) is 0. The van der Waals surface area contributed by atoms with Crippen molar-refractivity contribution in [2.75, 3.05) is 5.88 Å². The van der Waals surface area contributed by atoms with Crippen molar-refractivity contribution in [2.45, 2.75) is 5.25 Å². The molecule has 0 spiro atoms. The molecule has 1 aromatic rings. The molecule has 1 unspecified atom stereocenters. The molecule has 1 N–H and O–H groups in total. The van der Waals surface area contributed by atoms with E-state index in [0.717, 1.165) is 0 Å². The van der Waals surface area contributed by atoms with Gasteiger partial charge in [0.05, 0.1) is 0 Å². The summed E-state index contributed by atoms with van der Waals surface area (Å²) >= 11 is 10.8. The van der Waals surface area contributed by atoms with Gasteiger partial charge in [-0.1, -0.05) is 18.2 Å². The van der Waals surface area contributed by atoms with Gasteiger partial charge >= 0.3 is 5.25 Å². The molecule has 4 heteroatoms. The molecule has 0 fully saturated rings. The van der Waals surface area contributed by atoms with Crippen LogP contribution in [0, 0.1) is 0 Å². The number of rotatable bonds is 3. The molecule has 0 aliphatic rings. The second-order valence-electron chi connectivity index (χ2n) is 2.24. The Morgan fingerprint density at radius 2 is 1.92 bits per heavy atom. The molecule has 0 saturated carbocycles. The zero-order valence-corrected chi connectivity index (χ0v) is 7.72. The van der Waals surface area contributed by atoms with E-state index in [4.69, 9.17) is 27.9 Å². The van der Waals surface area contributed by atoms with Crippen LogP contribution < -0.4 is 4.74 Å². The molecule has 0 saturated heterocycles. The standard InChI is InChI=1S/C8H8Cl2O2/c9-6-8(10,11)12-7-4-2-1-3-5-7/h1-5,11H,6H2. The van der Waals surface area contributed by atoms with Crippen LogP contribution in [0.4, 0.5) is 0 Å². The molecule has 1 aromatic carbocycles. The number of halogens is 2. The van der Waals surface area contributed by atoms with Gasteiger partial charge in [-0.2, -0.15) is 0 Å². The lowest BCUT2D eigenvalue weighted by molar-refractivity contribution is -0.0409. The van der Waals surface area contributed by atoms with Crippen LogP contribution in [0.25, 0.3) is 0 Å². The maximum absolute atomic E-state index is 9.19. The average Bonchev–Trinajstić information content (AvgIpc) is 2.06. The Hall–Kier alpha value is -0.440. The summed E-state index contributed by atoms with van der Waals surface area (Å²) in [5.41, 5.74) is 0. The van der Waals surface area contributed by atoms with Crippen LogP contribution in [-0.2, 0) is 0 Å². The van der Waals surface area contributed by atoms with E-state index in [1.54, 1.807) is 24.3 Å². The van der Waals surface area contributed by atoms with Gasteiger partial charge in [0.15, 0.2) is 0 Å². The lowest BCUT2D eigenvalue weighted by Crippen LogP contribution is -2.30.